The second kappa shape index (κ2) is 6.72. The first-order valence-electron chi connectivity index (χ1n) is 6.67. The molecule has 0 aliphatic carbocycles. The molecule has 2 unspecified atom stereocenters. The number of fused-ring (bicyclic) bond motifs is 1. The molecule has 0 aromatic heterocycles. The summed E-state index contributed by atoms with van der Waals surface area (Å²) in [5.41, 5.74) is 0. The van der Waals surface area contributed by atoms with Gasteiger partial charge in [0.25, 0.3) is 0 Å². The molecule has 2 heterocycles. The summed E-state index contributed by atoms with van der Waals surface area (Å²) in [7, 11) is -3.50. The Morgan fingerprint density at radius 1 is 1.33 bits per heavy atom. The Hall–Kier alpha value is 0.150. The summed E-state index contributed by atoms with van der Waals surface area (Å²) in [6, 6.07) is 5.38. The quantitative estimate of drug-likeness (QED) is 0.807. The minimum atomic E-state index is -3.50. The molecule has 2 fully saturated rings. The fourth-order valence-electron chi connectivity index (χ4n) is 3.06. The van der Waals surface area contributed by atoms with E-state index >= 15 is 0 Å². The first-order valence-corrected chi connectivity index (χ1v) is 9.28. The molecule has 8 heteroatoms. The summed E-state index contributed by atoms with van der Waals surface area (Å²) in [4.78, 5) is 0.201. The zero-order valence-electron chi connectivity index (χ0n) is 11.3. The third kappa shape index (κ3) is 3.41. The fraction of sp³-hybridized carbons (Fsp3) is 0.538. The number of sulfonamides is 1. The average Bonchev–Trinajstić information content (AvgIpc) is 2.85. The summed E-state index contributed by atoms with van der Waals surface area (Å²) < 4.78 is 27.8. The molecule has 0 amide bonds. The molecule has 1 aromatic carbocycles. The van der Waals surface area contributed by atoms with Gasteiger partial charge in [-0.15, -0.1) is 12.4 Å². The van der Waals surface area contributed by atoms with Crippen molar-refractivity contribution in [3.8, 4) is 0 Å². The van der Waals surface area contributed by atoms with Crippen molar-refractivity contribution < 1.29 is 8.42 Å². The minimum absolute atomic E-state index is 0. The van der Waals surface area contributed by atoms with Crippen LogP contribution in [0.1, 0.15) is 12.8 Å². The lowest BCUT2D eigenvalue weighted by atomic mass is 9.95. The van der Waals surface area contributed by atoms with E-state index in [2.05, 4.69) is 21.2 Å². The van der Waals surface area contributed by atoms with E-state index in [1.165, 1.54) is 0 Å². The van der Waals surface area contributed by atoms with Crippen LogP contribution in [0.3, 0.4) is 0 Å². The fourth-order valence-corrected chi connectivity index (χ4v) is 5.58. The van der Waals surface area contributed by atoms with Crippen LogP contribution < -0.4 is 5.32 Å². The Morgan fingerprint density at radius 3 is 2.81 bits per heavy atom. The van der Waals surface area contributed by atoms with Crippen LogP contribution in [-0.2, 0) is 10.0 Å². The number of halogens is 3. The highest BCUT2D eigenvalue weighted by Gasteiger charge is 2.38. The molecule has 3 rings (SSSR count). The van der Waals surface area contributed by atoms with Gasteiger partial charge < -0.3 is 5.32 Å². The number of benzene rings is 1. The maximum Gasteiger partial charge on any atom is 0.244 e. The molecule has 2 aliphatic heterocycles. The van der Waals surface area contributed by atoms with Crippen LogP contribution in [0, 0.1) is 5.92 Å². The van der Waals surface area contributed by atoms with Crippen molar-refractivity contribution in [3.63, 3.8) is 0 Å². The molecule has 0 spiro atoms. The Morgan fingerprint density at radius 2 is 2.10 bits per heavy atom. The van der Waals surface area contributed by atoms with Crippen molar-refractivity contribution in [2.24, 2.45) is 5.92 Å². The van der Waals surface area contributed by atoms with Gasteiger partial charge in [0, 0.05) is 23.6 Å². The third-order valence-corrected chi connectivity index (χ3v) is 6.97. The molecule has 118 valence electrons. The molecular formula is C13H17BrCl2N2O2S. The normalized spacial score (nSPS) is 26.2. The van der Waals surface area contributed by atoms with Gasteiger partial charge in [0.05, 0.1) is 5.02 Å². The molecule has 4 nitrogen and oxygen atoms in total. The van der Waals surface area contributed by atoms with E-state index in [4.69, 9.17) is 11.6 Å². The number of hydrogen-bond donors (Lipinski definition) is 1. The first kappa shape index (κ1) is 17.5. The highest BCUT2D eigenvalue weighted by atomic mass is 79.9. The third-order valence-electron chi connectivity index (χ3n) is 4.13. The second-order valence-electron chi connectivity index (χ2n) is 5.34. The Labute approximate surface area is 144 Å². The van der Waals surface area contributed by atoms with E-state index in [0.717, 1.165) is 23.9 Å². The predicted octanol–water partition coefficient (Wildman–Crippen LogP) is 2.90. The smallest absolute Gasteiger partial charge is 0.244 e. The van der Waals surface area contributed by atoms with E-state index in [-0.39, 0.29) is 22.3 Å². The summed E-state index contributed by atoms with van der Waals surface area (Å²) >= 11 is 9.39. The number of nitrogens with one attached hydrogen (secondary N) is 1. The second-order valence-corrected chi connectivity index (χ2v) is 8.57. The van der Waals surface area contributed by atoms with E-state index in [9.17, 15) is 8.42 Å². The molecule has 0 bridgehead atoms. The molecule has 1 N–H and O–H groups in total. The Balaban J connectivity index is 0.00000161. The summed E-state index contributed by atoms with van der Waals surface area (Å²) in [5.74, 6) is 0.424. The topological polar surface area (TPSA) is 49.4 Å². The van der Waals surface area contributed by atoms with Crippen LogP contribution >= 0.6 is 39.9 Å². The van der Waals surface area contributed by atoms with Crippen molar-refractivity contribution in [2.75, 3.05) is 19.6 Å². The van der Waals surface area contributed by atoms with E-state index in [1.807, 2.05) is 0 Å². The lowest BCUT2D eigenvalue weighted by Gasteiger charge is -2.34. The van der Waals surface area contributed by atoms with Gasteiger partial charge in [-0.1, -0.05) is 27.5 Å². The number of hydrogen-bond acceptors (Lipinski definition) is 3. The standard InChI is InChI=1S/C13H16BrClN2O2S.ClH/c14-10-1-2-13(11(15)7-10)20(18,19)17-6-4-12-9(8-17)3-5-16-12;/h1-2,7,9,12,16H,3-6,8H2;1H. The van der Waals surface area contributed by atoms with Crippen molar-refractivity contribution in [2.45, 2.75) is 23.8 Å². The van der Waals surface area contributed by atoms with Crippen molar-refractivity contribution in [1.29, 1.82) is 0 Å². The molecule has 2 saturated heterocycles. The van der Waals surface area contributed by atoms with E-state index in [0.29, 0.717) is 25.0 Å². The maximum absolute atomic E-state index is 12.7. The van der Waals surface area contributed by atoms with Gasteiger partial charge in [0.15, 0.2) is 0 Å². The van der Waals surface area contributed by atoms with Crippen LogP contribution in [0.5, 0.6) is 0 Å². The van der Waals surface area contributed by atoms with Gasteiger partial charge in [-0.05, 0) is 43.5 Å². The van der Waals surface area contributed by atoms with Gasteiger partial charge in [-0.2, -0.15) is 4.31 Å². The highest BCUT2D eigenvalue weighted by Crippen LogP contribution is 2.32. The van der Waals surface area contributed by atoms with Crippen LogP contribution in [0.4, 0.5) is 0 Å². The Kier molecular flexibility index (Phi) is 5.60. The molecule has 2 aliphatic rings. The lowest BCUT2D eigenvalue weighted by Crippen LogP contribution is -2.46. The summed E-state index contributed by atoms with van der Waals surface area (Å²) in [6.45, 7) is 2.14. The highest BCUT2D eigenvalue weighted by molar-refractivity contribution is 9.10. The zero-order valence-corrected chi connectivity index (χ0v) is 15.2. The monoisotopic (exact) mass is 414 g/mol. The molecule has 0 saturated carbocycles. The molecule has 2 atom stereocenters. The van der Waals surface area contributed by atoms with Gasteiger partial charge in [0.2, 0.25) is 10.0 Å². The van der Waals surface area contributed by atoms with Gasteiger partial charge >= 0.3 is 0 Å². The van der Waals surface area contributed by atoms with Gasteiger partial charge in [0.1, 0.15) is 4.90 Å². The summed E-state index contributed by atoms with van der Waals surface area (Å²) in [5, 5.41) is 3.70. The van der Waals surface area contributed by atoms with E-state index < -0.39 is 10.0 Å². The minimum Gasteiger partial charge on any atom is -0.314 e. The molecular weight excluding hydrogens is 399 g/mol. The largest absolute Gasteiger partial charge is 0.314 e. The zero-order chi connectivity index (χ0) is 14.3. The first-order chi connectivity index (χ1) is 9.48. The lowest BCUT2D eigenvalue weighted by molar-refractivity contribution is 0.247. The van der Waals surface area contributed by atoms with Gasteiger partial charge in [-0.25, -0.2) is 8.42 Å². The predicted molar refractivity (Wildman–Crippen MR) is 89.7 cm³/mol. The van der Waals surface area contributed by atoms with E-state index in [1.54, 1.807) is 22.5 Å². The number of piperidine rings is 1. The molecule has 0 radical (unpaired) electrons. The van der Waals surface area contributed by atoms with Crippen LogP contribution in [0.2, 0.25) is 5.02 Å². The molecule has 1 aromatic rings. The summed E-state index contributed by atoms with van der Waals surface area (Å²) in [6.07, 6.45) is 1.92. The Bertz CT molecular complexity index is 627. The van der Waals surface area contributed by atoms with Gasteiger partial charge in [-0.3, -0.25) is 0 Å². The van der Waals surface area contributed by atoms with Crippen molar-refractivity contribution >= 4 is 50.0 Å². The molecule has 21 heavy (non-hydrogen) atoms. The van der Waals surface area contributed by atoms with Crippen molar-refractivity contribution in [1.82, 2.24) is 9.62 Å². The van der Waals surface area contributed by atoms with Crippen LogP contribution in [-0.4, -0.2) is 38.4 Å². The van der Waals surface area contributed by atoms with Crippen molar-refractivity contribution in [3.05, 3.63) is 27.7 Å². The number of rotatable bonds is 2. The SMILES string of the molecule is Cl.O=S(=O)(c1ccc(Br)cc1Cl)N1CCC2NCCC2C1. The average molecular weight is 416 g/mol. The maximum atomic E-state index is 12.7. The number of nitrogens with zero attached hydrogens (tertiary/aromatic N) is 1. The van der Waals surface area contributed by atoms with Crippen LogP contribution in [0.15, 0.2) is 27.6 Å². The van der Waals surface area contributed by atoms with Crippen LogP contribution in [0.25, 0.3) is 0 Å².